The van der Waals surface area contributed by atoms with Crippen molar-refractivity contribution in [2.45, 2.75) is 40.4 Å². The molecule has 1 rings (SSSR count). The first-order chi connectivity index (χ1) is 9.08. The van der Waals surface area contributed by atoms with Crippen molar-refractivity contribution < 1.29 is 14.2 Å². The minimum absolute atomic E-state index is 0.190. The molecule has 3 nitrogen and oxygen atoms in total. The Kier molecular flexibility index (Phi) is 7.21. The molecule has 0 aromatic heterocycles. The maximum absolute atomic E-state index is 6.12. The maximum Gasteiger partial charge on any atom is 0.160 e. The van der Waals surface area contributed by atoms with E-state index < -0.39 is 0 Å². The highest BCUT2D eigenvalue weighted by molar-refractivity contribution is 6.32. The molecule has 0 N–H and O–H groups in total. The highest BCUT2D eigenvalue weighted by Gasteiger charge is 2.09. The van der Waals surface area contributed by atoms with Gasteiger partial charge in [0.25, 0.3) is 0 Å². The third kappa shape index (κ3) is 5.39. The lowest BCUT2D eigenvalue weighted by atomic mass is 10.1. The fourth-order valence-electron chi connectivity index (χ4n) is 1.85. The summed E-state index contributed by atoms with van der Waals surface area (Å²) in [6, 6.07) is 3.90. The molecule has 0 saturated heterocycles. The molecule has 0 heterocycles. The Morgan fingerprint density at radius 1 is 1.05 bits per heavy atom. The van der Waals surface area contributed by atoms with Gasteiger partial charge in [0.1, 0.15) is 5.75 Å². The summed E-state index contributed by atoms with van der Waals surface area (Å²) in [5.74, 6) is 0.839. The van der Waals surface area contributed by atoms with Crippen LogP contribution in [0.5, 0.6) is 5.75 Å². The molecule has 0 saturated carbocycles. The summed E-state index contributed by atoms with van der Waals surface area (Å²) < 4.78 is 16.7. The van der Waals surface area contributed by atoms with Crippen LogP contribution in [0.25, 0.3) is 0 Å². The fourth-order valence-corrected chi connectivity index (χ4v) is 1.96. The van der Waals surface area contributed by atoms with E-state index in [9.17, 15) is 0 Å². The van der Waals surface area contributed by atoms with Crippen molar-refractivity contribution in [1.82, 2.24) is 0 Å². The van der Waals surface area contributed by atoms with E-state index in [-0.39, 0.29) is 6.29 Å². The molecular weight excluding hydrogens is 264 g/mol. The Morgan fingerprint density at radius 3 is 2.05 bits per heavy atom. The predicted molar refractivity (Wildman–Crippen MR) is 78.1 cm³/mol. The minimum Gasteiger partial charge on any atom is -0.493 e. The molecule has 19 heavy (non-hydrogen) atoms. The van der Waals surface area contributed by atoms with Gasteiger partial charge in [-0.1, -0.05) is 11.6 Å². The normalized spacial score (nSPS) is 11.1. The predicted octanol–water partition coefficient (Wildman–Crippen LogP) is 4.12. The van der Waals surface area contributed by atoms with Crippen molar-refractivity contribution >= 4 is 11.6 Å². The molecule has 0 radical (unpaired) electrons. The molecule has 0 spiro atoms. The molecule has 1 aromatic rings. The summed E-state index contributed by atoms with van der Waals surface area (Å²) in [6.45, 7) is 9.72. The van der Waals surface area contributed by atoms with Gasteiger partial charge in [0.05, 0.1) is 6.61 Å². The number of ether oxygens (including phenoxy) is 3. The van der Waals surface area contributed by atoms with Gasteiger partial charge < -0.3 is 14.2 Å². The van der Waals surface area contributed by atoms with E-state index in [2.05, 4.69) is 0 Å². The van der Waals surface area contributed by atoms with E-state index in [1.807, 2.05) is 39.8 Å². The molecule has 0 aliphatic heterocycles. The molecule has 0 bridgehead atoms. The van der Waals surface area contributed by atoms with E-state index in [0.717, 1.165) is 21.9 Å². The summed E-state index contributed by atoms with van der Waals surface area (Å²) in [4.78, 5) is 0. The zero-order valence-electron chi connectivity index (χ0n) is 12.2. The second kappa shape index (κ2) is 8.41. The number of benzene rings is 1. The smallest absolute Gasteiger partial charge is 0.160 e. The summed E-state index contributed by atoms with van der Waals surface area (Å²) >= 11 is 6.12. The van der Waals surface area contributed by atoms with Crippen molar-refractivity contribution in [2.24, 2.45) is 0 Å². The number of hydrogen-bond donors (Lipinski definition) is 0. The topological polar surface area (TPSA) is 27.7 Å². The van der Waals surface area contributed by atoms with Crippen LogP contribution < -0.4 is 4.74 Å². The van der Waals surface area contributed by atoms with Crippen LogP contribution in [0.1, 0.15) is 31.4 Å². The lowest BCUT2D eigenvalue weighted by Crippen LogP contribution is -2.20. The summed E-state index contributed by atoms with van der Waals surface area (Å²) in [5.41, 5.74) is 2.06. The molecule has 0 atom stereocenters. The Labute approximate surface area is 120 Å². The van der Waals surface area contributed by atoms with Crippen LogP contribution in [0.2, 0.25) is 5.02 Å². The third-order valence-electron chi connectivity index (χ3n) is 2.74. The van der Waals surface area contributed by atoms with Crippen LogP contribution in [0.3, 0.4) is 0 Å². The molecule has 0 amide bonds. The van der Waals surface area contributed by atoms with Gasteiger partial charge in [0.2, 0.25) is 0 Å². The molecule has 4 heteroatoms. The Hall–Kier alpha value is -0.770. The Bertz CT molecular complexity index is 364. The first-order valence-electron chi connectivity index (χ1n) is 6.71. The summed E-state index contributed by atoms with van der Waals surface area (Å²) in [7, 11) is 0. The maximum atomic E-state index is 6.12. The lowest BCUT2D eigenvalue weighted by Gasteiger charge is -2.17. The van der Waals surface area contributed by atoms with Gasteiger partial charge >= 0.3 is 0 Å². The zero-order valence-corrected chi connectivity index (χ0v) is 12.9. The van der Waals surface area contributed by atoms with Crippen LogP contribution in [0.4, 0.5) is 0 Å². The Balaban J connectivity index is 2.48. The molecule has 108 valence electrons. The van der Waals surface area contributed by atoms with Crippen molar-refractivity contribution in [3.63, 3.8) is 0 Å². The van der Waals surface area contributed by atoms with E-state index in [1.54, 1.807) is 0 Å². The quantitative estimate of drug-likeness (QED) is 0.673. The van der Waals surface area contributed by atoms with Crippen LogP contribution in [-0.2, 0) is 9.47 Å². The first kappa shape index (κ1) is 16.3. The zero-order chi connectivity index (χ0) is 14.3. The Morgan fingerprint density at radius 2 is 1.58 bits per heavy atom. The molecular formula is C15H23ClO3. The van der Waals surface area contributed by atoms with Crippen molar-refractivity contribution in [3.8, 4) is 5.75 Å². The lowest BCUT2D eigenvalue weighted by molar-refractivity contribution is -0.142. The number of rotatable bonds is 8. The van der Waals surface area contributed by atoms with Crippen LogP contribution >= 0.6 is 11.6 Å². The molecule has 1 aromatic carbocycles. The van der Waals surface area contributed by atoms with Crippen molar-refractivity contribution in [3.05, 3.63) is 28.3 Å². The van der Waals surface area contributed by atoms with Gasteiger partial charge in [0, 0.05) is 24.7 Å². The van der Waals surface area contributed by atoms with Crippen molar-refractivity contribution in [1.29, 1.82) is 0 Å². The largest absolute Gasteiger partial charge is 0.493 e. The van der Waals surface area contributed by atoms with Gasteiger partial charge in [-0.25, -0.2) is 0 Å². The monoisotopic (exact) mass is 286 g/mol. The third-order valence-corrected chi connectivity index (χ3v) is 3.33. The highest BCUT2D eigenvalue weighted by Crippen LogP contribution is 2.25. The van der Waals surface area contributed by atoms with E-state index >= 15 is 0 Å². The van der Waals surface area contributed by atoms with Gasteiger partial charge in [-0.15, -0.1) is 0 Å². The molecule has 0 aliphatic rings. The van der Waals surface area contributed by atoms with Gasteiger partial charge in [-0.05, 0) is 51.0 Å². The number of halogens is 1. The van der Waals surface area contributed by atoms with Gasteiger partial charge in [-0.2, -0.15) is 0 Å². The first-order valence-corrected chi connectivity index (χ1v) is 7.09. The molecule has 0 aliphatic carbocycles. The van der Waals surface area contributed by atoms with Crippen LogP contribution in [-0.4, -0.2) is 26.1 Å². The second-order valence-corrected chi connectivity index (χ2v) is 4.73. The highest BCUT2D eigenvalue weighted by atomic mass is 35.5. The summed E-state index contributed by atoms with van der Waals surface area (Å²) in [5, 5.41) is 0.800. The standard InChI is InChI=1S/C15H23ClO3/c1-5-17-14(18-6-2)7-8-19-13-9-11(3)15(16)12(4)10-13/h9-10,14H,5-8H2,1-4H3. The fraction of sp³-hybridized carbons (Fsp3) is 0.600. The van der Waals surface area contributed by atoms with E-state index in [4.69, 9.17) is 25.8 Å². The van der Waals surface area contributed by atoms with Gasteiger partial charge in [-0.3, -0.25) is 0 Å². The number of aryl methyl sites for hydroxylation is 2. The number of hydrogen-bond acceptors (Lipinski definition) is 3. The SMILES string of the molecule is CCOC(CCOc1cc(C)c(Cl)c(C)c1)OCC. The van der Waals surface area contributed by atoms with Crippen LogP contribution in [0, 0.1) is 13.8 Å². The minimum atomic E-state index is -0.190. The molecule has 0 unspecified atom stereocenters. The van der Waals surface area contributed by atoms with E-state index in [0.29, 0.717) is 26.2 Å². The average Bonchev–Trinajstić information content (AvgIpc) is 2.36. The van der Waals surface area contributed by atoms with Crippen molar-refractivity contribution in [2.75, 3.05) is 19.8 Å². The molecule has 0 fully saturated rings. The van der Waals surface area contributed by atoms with Gasteiger partial charge in [0.15, 0.2) is 6.29 Å². The summed E-state index contributed by atoms with van der Waals surface area (Å²) in [6.07, 6.45) is 0.520. The van der Waals surface area contributed by atoms with Crippen LogP contribution in [0.15, 0.2) is 12.1 Å². The average molecular weight is 287 g/mol. The second-order valence-electron chi connectivity index (χ2n) is 4.35. The van der Waals surface area contributed by atoms with E-state index in [1.165, 1.54) is 0 Å².